The molecule has 0 saturated heterocycles. The molecule has 33 heavy (non-hydrogen) atoms. The first-order valence-corrected chi connectivity index (χ1v) is 10.7. The first-order valence-electron chi connectivity index (χ1n) is 9.23. The maximum Gasteiger partial charge on any atom is 0.216 e. The van der Waals surface area contributed by atoms with Crippen LogP contribution in [0.5, 0.6) is 11.5 Å². The van der Waals surface area contributed by atoms with E-state index in [-0.39, 0.29) is 27.8 Å². The van der Waals surface area contributed by atoms with Gasteiger partial charge in [-0.1, -0.05) is 24.3 Å². The van der Waals surface area contributed by atoms with Crippen molar-refractivity contribution in [3.63, 3.8) is 0 Å². The van der Waals surface area contributed by atoms with E-state index in [0.29, 0.717) is 0 Å². The van der Waals surface area contributed by atoms with E-state index in [9.17, 15) is 31.2 Å². The summed E-state index contributed by atoms with van der Waals surface area (Å²) in [6.45, 7) is -0.574. The Hall–Kier alpha value is -3.84. The van der Waals surface area contributed by atoms with Crippen LogP contribution >= 0.6 is 0 Å². The van der Waals surface area contributed by atoms with Crippen LogP contribution < -0.4 is 9.47 Å². The lowest BCUT2D eigenvalue weighted by Crippen LogP contribution is -2.05. The number of methoxy groups -OCH3 is 1. The highest BCUT2D eigenvalue weighted by atomic mass is 32.2. The molecule has 10 heteroatoms. The van der Waals surface area contributed by atoms with Crippen LogP contribution in [0.1, 0.15) is 11.1 Å². The van der Waals surface area contributed by atoms with Crippen LogP contribution in [0.25, 0.3) is 6.08 Å². The fraction of sp³-hybridized carbons (Fsp3) is 0.0870. The molecular formula is C23H15F4NO4S. The number of benzene rings is 3. The van der Waals surface area contributed by atoms with E-state index in [1.807, 2.05) is 0 Å². The van der Waals surface area contributed by atoms with Crippen LogP contribution in [0.3, 0.4) is 0 Å². The van der Waals surface area contributed by atoms with Gasteiger partial charge in [-0.05, 0) is 35.9 Å². The fourth-order valence-corrected chi connectivity index (χ4v) is 4.06. The smallest absolute Gasteiger partial charge is 0.216 e. The van der Waals surface area contributed by atoms with Gasteiger partial charge in [-0.25, -0.2) is 17.2 Å². The van der Waals surface area contributed by atoms with E-state index >= 15 is 0 Å². The van der Waals surface area contributed by atoms with Crippen molar-refractivity contribution in [1.29, 1.82) is 5.26 Å². The summed E-state index contributed by atoms with van der Waals surface area (Å²) < 4.78 is 90.1. The molecule has 0 bridgehead atoms. The Morgan fingerprint density at radius 1 is 1.00 bits per heavy atom. The maximum atomic E-state index is 13.9. The van der Waals surface area contributed by atoms with Gasteiger partial charge in [0, 0.05) is 11.6 Å². The molecule has 170 valence electrons. The van der Waals surface area contributed by atoms with Crippen LogP contribution in [-0.2, 0) is 16.4 Å². The van der Waals surface area contributed by atoms with Crippen molar-refractivity contribution in [1.82, 2.24) is 0 Å². The number of nitriles is 1. The van der Waals surface area contributed by atoms with Gasteiger partial charge in [0.1, 0.15) is 23.3 Å². The molecule has 0 fully saturated rings. The average Bonchev–Trinajstić information content (AvgIpc) is 2.81. The summed E-state index contributed by atoms with van der Waals surface area (Å²) >= 11 is 0. The van der Waals surface area contributed by atoms with Crippen molar-refractivity contribution >= 4 is 15.9 Å². The molecule has 0 aromatic heterocycles. The SMILES string of the molecule is COc1ccc(/C=C(/C#N)S(=O)(=O)c2ccccc2)cc1COc1c(F)c(F)cc(F)c1F. The summed E-state index contributed by atoms with van der Waals surface area (Å²) in [6, 6.07) is 13.2. The largest absolute Gasteiger partial charge is 0.496 e. The third kappa shape index (κ3) is 4.99. The Labute approximate surface area is 187 Å². The lowest BCUT2D eigenvalue weighted by atomic mass is 10.1. The molecule has 0 atom stereocenters. The predicted molar refractivity (Wildman–Crippen MR) is 111 cm³/mol. The highest BCUT2D eigenvalue weighted by Crippen LogP contribution is 2.30. The molecule has 3 aromatic carbocycles. The zero-order valence-electron chi connectivity index (χ0n) is 17.0. The molecule has 0 aliphatic rings. The molecule has 0 heterocycles. The van der Waals surface area contributed by atoms with Gasteiger partial charge in [-0.2, -0.15) is 14.0 Å². The lowest BCUT2D eigenvalue weighted by Gasteiger charge is -2.13. The molecule has 5 nitrogen and oxygen atoms in total. The van der Waals surface area contributed by atoms with Gasteiger partial charge in [0.15, 0.2) is 17.4 Å². The van der Waals surface area contributed by atoms with E-state index < -0.39 is 50.4 Å². The Kier molecular flexibility index (Phi) is 7.04. The second-order valence-corrected chi connectivity index (χ2v) is 8.51. The third-order valence-corrected chi connectivity index (χ3v) is 6.18. The molecule has 0 radical (unpaired) electrons. The second-order valence-electron chi connectivity index (χ2n) is 6.59. The molecule has 0 saturated carbocycles. The van der Waals surface area contributed by atoms with E-state index in [1.54, 1.807) is 12.1 Å². The minimum atomic E-state index is -4.10. The van der Waals surface area contributed by atoms with E-state index in [1.165, 1.54) is 49.6 Å². The van der Waals surface area contributed by atoms with E-state index in [0.717, 1.165) is 6.08 Å². The van der Waals surface area contributed by atoms with E-state index in [2.05, 4.69) is 0 Å². The fourth-order valence-electron chi connectivity index (χ4n) is 2.88. The highest BCUT2D eigenvalue weighted by Gasteiger charge is 2.22. The summed E-state index contributed by atoms with van der Waals surface area (Å²) in [7, 11) is -2.80. The average molecular weight is 477 g/mol. The molecule has 0 aliphatic carbocycles. The number of ether oxygens (including phenoxy) is 2. The van der Waals surface area contributed by atoms with Crippen molar-refractivity contribution in [3.05, 3.63) is 93.9 Å². The molecule has 3 aromatic rings. The van der Waals surface area contributed by atoms with E-state index in [4.69, 9.17) is 9.47 Å². The number of halogens is 4. The number of hydrogen-bond donors (Lipinski definition) is 0. The van der Waals surface area contributed by atoms with Gasteiger partial charge >= 0.3 is 0 Å². The summed E-state index contributed by atoms with van der Waals surface area (Å²) in [5.41, 5.74) is 0.404. The minimum Gasteiger partial charge on any atom is -0.496 e. The quantitative estimate of drug-likeness (QED) is 0.267. The summed E-state index contributed by atoms with van der Waals surface area (Å²) in [4.78, 5) is -0.621. The molecular weight excluding hydrogens is 462 g/mol. The minimum absolute atomic E-state index is 0.0557. The molecule has 3 rings (SSSR count). The van der Waals surface area contributed by atoms with Crippen LogP contribution in [0.2, 0.25) is 0 Å². The van der Waals surface area contributed by atoms with Crippen LogP contribution in [0, 0.1) is 34.6 Å². The first kappa shape index (κ1) is 23.8. The zero-order chi connectivity index (χ0) is 24.2. The number of hydrogen-bond acceptors (Lipinski definition) is 5. The molecule has 0 unspecified atom stereocenters. The monoisotopic (exact) mass is 477 g/mol. The van der Waals surface area contributed by atoms with Gasteiger partial charge in [0.05, 0.1) is 12.0 Å². The Morgan fingerprint density at radius 2 is 1.64 bits per heavy atom. The van der Waals surface area contributed by atoms with Gasteiger partial charge < -0.3 is 9.47 Å². The van der Waals surface area contributed by atoms with Crippen molar-refractivity contribution < 1.29 is 35.5 Å². The second kappa shape index (κ2) is 9.75. The van der Waals surface area contributed by atoms with Gasteiger partial charge in [0.2, 0.25) is 21.5 Å². The molecule has 0 spiro atoms. The molecule has 0 amide bonds. The zero-order valence-corrected chi connectivity index (χ0v) is 17.8. The first-order chi connectivity index (χ1) is 15.7. The number of sulfone groups is 1. The number of allylic oxidation sites excluding steroid dienone is 1. The summed E-state index contributed by atoms with van der Waals surface area (Å²) in [5.74, 6) is -7.72. The van der Waals surface area contributed by atoms with Gasteiger partial charge in [-0.3, -0.25) is 0 Å². The maximum absolute atomic E-state index is 13.9. The van der Waals surface area contributed by atoms with Gasteiger partial charge in [-0.15, -0.1) is 0 Å². The topological polar surface area (TPSA) is 76.4 Å². The van der Waals surface area contributed by atoms with Gasteiger partial charge in [0.25, 0.3) is 0 Å². The van der Waals surface area contributed by atoms with Crippen molar-refractivity contribution in [2.45, 2.75) is 11.5 Å². The standard InChI is InChI=1S/C23H15F4NO4S/c1-31-20-8-7-14(10-17(12-28)33(29,30)16-5-3-2-4-6-16)9-15(20)13-32-23-21(26)18(24)11-19(25)22(23)27/h2-11H,13H2,1H3/b17-10-. The van der Waals surface area contributed by atoms with Crippen molar-refractivity contribution in [2.24, 2.45) is 0 Å². The van der Waals surface area contributed by atoms with Crippen LogP contribution in [-0.4, -0.2) is 15.5 Å². The lowest BCUT2D eigenvalue weighted by molar-refractivity contribution is 0.256. The van der Waals surface area contributed by atoms with Crippen LogP contribution in [0.4, 0.5) is 17.6 Å². The number of nitrogens with zero attached hydrogens (tertiary/aromatic N) is 1. The highest BCUT2D eigenvalue weighted by molar-refractivity contribution is 7.95. The van der Waals surface area contributed by atoms with Crippen LogP contribution in [0.15, 0.2) is 64.4 Å². The Morgan fingerprint density at radius 3 is 2.21 bits per heavy atom. The summed E-state index contributed by atoms with van der Waals surface area (Å²) in [5, 5.41) is 9.42. The molecule has 0 N–H and O–H groups in total. The Balaban J connectivity index is 1.97. The normalized spacial score (nSPS) is 11.7. The molecule has 0 aliphatic heterocycles. The van der Waals surface area contributed by atoms with Crippen molar-refractivity contribution in [2.75, 3.05) is 7.11 Å². The van der Waals surface area contributed by atoms with Crippen molar-refractivity contribution in [3.8, 4) is 17.6 Å². The third-order valence-electron chi connectivity index (χ3n) is 4.50. The number of rotatable bonds is 7. The Bertz CT molecular complexity index is 1340. The predicted octanol–water partition coefficient (Wildman–Crippen LogP) is 5.17. The summed E-state index contributed by atoms with van der Waals surface area (Å²) in [6.07, 6.45) is 1.11.